The molecule has 0 aromatic heterocycles. The van der Waals surface area contributed by atoms with Crippen LogP contribution < -0.4 is 5.32 Å². The van der Waals surface area contributed by atoms with E-state index in [0.717, 1.165) is 11.1 Å². The van der Waals surface area contributed by atoms with E-state index in [-0.39, 0.29) is 17.5 Å². The number of hydrogen-bond acceptors (Lipinski definition) is 4. The fraction of sp³-hybridized carbons (Fsp3) is 0.294. The highest BCUT2D eigenvalue weighted by Crippen LogP contribution is 2.25. The SMILES string of the molecule is COCc1ccccc1CNC(C)c1cc(O)cc(O)c1. The third-order valence-electron chi connectivity index (χ3n) is 3.44. The van der Waals surface area contributed by atoms with Gasteiger partial charge in [-0.25, -0.2) is 0 Å². The molecule has 112 valence electrons. The topological polar surface area (TPSA) is 61.7 Å². The van der Waals surface area contributed by atoms with Crippen LogP contribution in [0.2, 0.25) is 0 Å². The Morgan fingerprint density at radius 1 is 1.05 bits per heavy atom. The maximum atomic E-state index is 9.54. The summed E-state index contributed by atoms with van der Waals surface area (Å²) < 4.78 is 5.20. The Morgan fingerprint density at radius 2 is 1.67 bits per heavy atom. The fourth-order valence-electron chi connectivity index (χ4n) is 2.28. The van der Waals surface area contributed by atoms with Gasteiger partial charge in [0.1, 0.15) is 11.5 Å². The highest BCUT2D eigenvalue weighted by Gasteiger charge is 2.09. The predicted octanol–water partition coefficient (Wildman–Crippen LogP) is 3.10. The van der Waals surface area contributed by atoms with Crippen LogP contribution in [0.15, 0.2) is 42.5 Å². The Bertz CT molecular complexity index is 578. The average Bonchev–Trinajstić information content (AvgIpc) is 2.45. The van der Waals surface area contributed by atoms with E-state index in [1.165, 1.54) is 11.6 Å². The van der Waals surface area contributed by atoms with Crippen molar-refractivity contribution in [2.75, 3.05) is 7.11 Å². The molecule has 0 amide bonds. The van der Waals surface area contributed by atoms with Gasteiger partial charge in [-0.2, -0.15) is 0 Å². The van der Waals surface area contributed by atoms with E-state index in [0.29, 0.717) is 13.2 Å². The Morgan fingerprint density at radius 3 is 2.29 bits per heavy atom. The molecule has 0 bridgehead atoms. The standard InChI is InChI=1S/C17H21NO3/c1-12(15-7-16(19)9-17(20)8-15)18-10-13-5-3-4-6-14(13)11-21-2/h3-9,12,18-20H,10-11H2,1-2H3. The van der Waals surface area contributed by atoms with Crippen LogP contribution in [-0.2, 0) is 17.9 Å². The van der Waals surface area contributed by atoms with E-state index in [9.17, 15) is 10.2 Å². The number of nitrogens with one attached hydrogen (secondary N) is 1. The molecule has 0 spiro atoms. The Labute approximate surface area is 125 Å². The first kappa shape index (κ1) is 15.4. The minimum Gasteiger partial charge on any atom is -0.508 e. The highest BCUT2D eigenvalue weighted by molar-refractivity contribution is 5.38. The zero-order valence-corrected chi connectivity index (χ0v) is 12.3. The van der Waals surface area contributed by atoms with Crippen molar-refractivity contribution in [3.05, 3.63) is 59.2 Å². The van der Waals surface area contributed by atoms with E-state index in [1.54, 1.807) is 19.2 Å². The largest absolute Gasteiger partial charge is 0.508 e. The average molecular weight is 287 g/mol. The summed E-state index contributed by atoms with van der Waals surface area (Å²) in [5.74, 6) is 0.136. The molecule has 0 heterocycles. The Kier molecular flexibility index (Phi) is 5.20. The number of hydrogen-bond donors (Lipinski definition) is 3. The summed E-state index contributed by atoms with van der Waals surface area (Å²) in [4.78, 5) is 0. The van der Waals surface area contributed by atoms with Gasteiger partial charge in [0.05, 0.1) is 6.61 Å². The van der Waals surface area contributed by atoms with Crippen LogP contribution in [0, 0.1) is 0 Å². The molecule has 4 heteroatoms. The number of benzene rings is 2. The molecule has 21 heavy (non-hydrogen) atoms. The van der Waals surface area contributed by atoms with E-state index in [2.05, 4.69) is 11.4 Å². The van der Waals surface area contributed by atoms with E-state index < -0.39 is 0 Å². The van der Waals surface area contributed by atoms with Gasteiger partial charge in [-0.3, -0.25) is 0 Å². The molecule has 0 saturated heterocycles. The molecule has 0 aliphatic carbocycles. The summed E-state index contributed by atoms with van der Waals surface area (Å²) in [6.07, 6.45) is 0. The van der Waals surface area contributed by atoms with Gasteiger partial charge in [0.25, 0.3) is 0 Å². The quantitative estimate of drug-likeness (QED) is 0.764. The van der Waals surface area contributed by atoms with Crippen molar-refractivity contribution in [1.82, 2.24) is 5.32 Å². The molecule has 4 nitrogen and oxygen atoms in total. The summed E-state index contributed by atoms with van der Waals surface area (Å²) in [5, 5.41) is 22.5. The highest BCUT2D eigenvalue weighted by atomic mass is 16.5. The molecular formula is C17H21NO3. The van der Waals surface area contributed by atoms with E-state index >= 15 is 0 Å². The van der Waals surface area contributed by atoms with Gasteiger partial charge >= 0.3 is 0 Å². The van der Waals surface area contributed by atoms with Gasteiger partial charge in [-0.15, -0.1) is 0 Å². The van der Waals surface area contributed by atoms with Crippen molar-refractivity contribution in [2.45, 2.75) is 26.1 Å². The van der Waals surface area contributed by atoms with Gasteiger partial charge in [0.15, 0.2) is 0 Å². The number of ether oxygens (including phenoxy) is 1. The third-order valence-corrected chi connectivity index (χ3v) is 3.44. The number of aromatic hydroxyl groups is 2. The molecule has 2 rings (SSSR count). The summed E-state index contributed by atoms with van der Waals surface area (Å²) in [5.41, 5.74) is 3.17. The van der Waals surface area contributed by atoms with Crippen molar-refractivity contribution in [1.29, 1.82) is 0 Å². The summed E-state index contributed by atoms with van der Waals surface area (Å²) in [6, 6.07) is 12.7. The van der Waals surface area contributed by atoms with Crippen LogP contribution in [0.1, 0.15) is 29.7 Å². The summed E-state index contributed by atoms with van der Waals surface area (Å²) >= 11 is 0. The number of phenolic OH excluding ortho intramolecular Hbond substituents is 2. The lowest BCUT2D eigenvalue weighted by Gasteiger charge is -2.16. The van der Waals surface area contributed by atoms with Crippen molar-refractivity contribution >= 4 is 0 Å². The first-order chi connectivity index (χ1) is 10.1. The molecule has 1 unspecified atom stereocenters. The fourth-order valence-corrected chi connectivity index (χ4v) is 2.28. The molecule has 3 N–H and O–H groups in total. The van der Waals surface area contributed by atoms with Crippen LogP contribution in [0.25, 0.3) is 0 Å². The minimum absolute atomic E-state index is 0.0126. The molecule has 2 aromatic rings. The third kappa shape index (κ3) is 4.21. The maximum absolute atomic E-state index is 9.54. The van der Waals surface area contributed by atoms with Gasteiger partial charge in [0.2, 0.25) is 0 Å². The molecule has 0 aliphatic rings. The van der Waals surface area contributed by atoms with E-state index in [4.69, 9.17) is 4.74 Å². The summed E-state index contributed by atoms with van der Waals surface area (Å²) in [7, 11) is 1.68. The number of phenols is 2. The van der Waals surface area contributed by atoms with Crippen molar-refractivity contribution < 1.29 is 14.9 Å². The van der Waals surface area contributed by atoms with Crippen LogP contribution >= 0.6 is 0 Å². The van der Waals surface area contributed by atoms with Gasteiger partial charge in [-0.1, -0.05) is 24.3 Å². The van der Waals surface area contributed by atoms with Crippen molar-refractivity contribution in [3.8, 4) is 11.5 Å². The number of methoxy groups -OCH3 is 1. The Balaban J connectivity index is 2.05. The Hall–Kier alpha value is -2.04. The van der Waals surface area contributed by atoms with Crippen LogP contribution in [0.4, 0.5) is 0 Å². The van der Waals surface area contributed by atoms with Crippen LogP contribution in [0.3, 0.4) is 0 Å². The molecule has 0 radical (unpaired) electrons. The smallest absolute Gasteiger partial charge is 0.119 e. The second-order valence-electron chi connectivity index (χ2n) is 5.09. The zero-order valence-electron chi connectivity index (χ0n) is 12.3. The van der Waals surface area contributed by atoms with Crippen LogP contribution in [-0.4, -0.2) is 17.3 Å². The van der Waals surface area contributed by atoms with Gasteiger partial charge in [0, 0.05) is 25.8 Å². The van der Waals surface area contributed by atoms with E-state index in [1.807, 2.05) is 25.1 Å². The molecule has 0 saturated carbocycles. The molecular weight excluding hydrogens is 266 g/mol. The molecule has 2 aromatic carbocycles. The minimum atomic E-state index is 0.0126. The zero-order chi connectivity index (χ0) is 15.2. The monoisotopic (exact) mass is 287 g/mol. The van der Waals surface area contributed by atoms with Crippen LogP contribution in [0.5, 0.6) is 11.5 Å². The number of rotatable bonds is 6. The lowest BCUT2D eigenvalue weighted by molar-refractivity contribution is 0.184. The second kappa shape index (κ2) is 7.11. The molecule has 0 aliphatic heterocycles. The lowest BCUT2D eigenvalue weighted by atomic mass is 10.1. The maximum Gasteiger partial charge on any atom is 0.119 e. The van der Waals surface area contributed by atoms with Crippen molar-refractivity contribution in [3.63, 3.8) is 0 Å². The van der Waals surface area contributed by atoms with Gasteiger partial charge < -0.3 is 20.3 Å². The van der Waals surface area contributed by atoms with Crippen molar-refractivity contribution in [2.24, 2.45) is 0 Å². The lowest BCUT2D eigenvalue weighted by Crippen LogP contribution is -2.19. The molecule has 0 fully saturated rings. The first-order valence-electron chi connectivity index (χ1n) is 6.92. The second-order valence-corrected chi connectivity index (χ2v) is 5.09. The summed E-state index contributed by atoms with van der Waals surface area (Å²) in [6.45, 7) is 3.27. The molecule has 1 atom stereocenters. The predicted molar refractivity (Wildman–Crippen MR) is 82.2 cm³/mol. The first-order valence-corrected chi connectivity index (χ1v) is 6.92. The van der Waals surface area contributed by atoms with Gasteiger partial charge in [-0.05, 0) is 35.7 Å². The normalized spacial score (nSPS) is 12.3.